The van der Waals surface area contributed by atoms with Gasteiger partial charge in [0.1, 0.15) is 0 Å². The molecule has 0 saturated carbocycles. The van der Waals surface area contributed by atoms with Gasteiger partial charge in [0.25, 0.3) is 0 Å². The SMILES string of the molecule is C(=NN(Cc1ccccc1CN(N=Cc1ccc(N(c2ccccc2)c2ccccc2)cc1)c1ccccc1)c1ccccc1)c1ccc(N(c2ccccc2)c2ccccc2)cc1. The molecule has 310 valence electrons. The first-order valence-corrected chi connectivity index (χ1v) is 21.6. The monoisotopic (exact) mass is 828 g/mol. The zero-order valence-electron chi connectivity index (χ0n) is 35.5. The summed E-state index contributed by atoms with van der Waals surface area (Å²) in [6.45, 7) is 1.13. The number of anilines is 8. The fourth-order valence-corrected chi connectivity index (χ4v) is 7.68. The highest BCUT2D eigenvalue weighted by Crippen LogP contribution is 2.35. The lowest BCUT2D eigenvalue weighted by molar-refractivity contribution is 0.811. The Balaban J connectivity index is 0.961. The Kier molecular flexibility index (Phi) is 13.0. The molecular weight excluding hydrogens is 781 g/mol. The van der Waals surface area contributed by atoms with Crippen molar-refractivity contribution in [1.82, 2.24) is 0 Å². The molecule has 6 heteroatoms. The van der Waals surface area contributed by atoms with Crippen LogP contribution in [-0.4, -0.2) is 12.4 Å². The van der Waals surface area contributed by atoms with Crippen LogP contribution < -0.4 is 19.8 Å². The van der Waals surface area contributed by atoms with Crippen molar-refractivity contribution >= 4 is 57.9 Å². The van der Waals surface area contributed by atoms with Gasteiger partial charge < -0.3 is 9.80 Å². The summed E-state index contributed by atoms with van der Waals surface area (Å²) in [4.78, 5) is 4.53. The Morgan fingerprint density at radius 1 is 0.250 bits per heavy atom. The largest absolute Gasteiger partial charge is 0.311 e. The average Bonchev–Trinajstić information content (AvgIpc) is 3.37. The molecule has 0 unspecified atom stereocenters. The lowest BCUT2D eigenvalue weighted by Crippen LogP contribution is -2.21. The Morgan fingerprint density at radius 3 is 0.766 bits per heavy atom. The average molecular weight is 829 g/mol. The van der Waals surface area contributed by atoms with Crippen molar-refractivity contribution in [3.63, 3.8) is 0 Å². The van der Waals surface area contributed by atoms with E-state index in [1.54, 1.807) is 0 Å². The van der Waals surface area contributed by atoms with E-state index in [2.05, 4.69) is 238 Å². The molecule has 0 amide bonds. The molecule has 0 N–H and O–H groups in total. The highest BCUT2D eigenvalue weighted by atomic mass is 15.5. The van der Waals surface area contributed by atoms with Crippen molar-refractivity contribution in [2.24, 2.45) is 10.2 Å². The van der Waals surface area contributed by atoms with E-state index in [0.29, 0.717) is 13.1 Å². The molecular formula is C58H48N6. The van der Waals surface area contributed by atoms with Crippen LogP contribution in [0.5, 0.6) is 0 Å². The maximum atomic E-state index is 5.11. The van der Waals surface area contributed by atoms with Gasteiger partial charge in [0, 0.05) is 34.1 Å². The Bertz CT molecular complexity index is 2580. The molecule has 0 bridgehead atoms. The smallest absolute Gasteiger partial charge is 0.0669 e. The number of rotatable bonds is 16. The van der Waals surface area contributed by atoms with Gasteiger partial charge in [0.2, 0.25) is 0 Å². The molecule has 0 aliphatic carbocycles. The lowest BCUT2D eigenvalue weighted by Gasteiger charge is -2.25. The molecule has 64 heavy (non-hydrogen) atoms. The highest BCUT2D eigenvalue weighted by molar-refractivity contribution is 5.84. The van der Waals surface area contributed by atoms with Gasteiger partial charge >= 0.3 is 0 Å². The number of benzene rings is 9. The third kappa shape index (κ3) is 10.2. The fourth-order valence-electron chi connectivity index (χ4n) is 7.68. The molecule has 0 spiro atoms. The first kappa shape index (κ1) is 40.9. The van der Waals surface area contributed by atoms with Crippen molar-refractivity contribution in [2.75, 3.05) is 19.8 Å². The van der Waals surface area contributed by atoms with E-state index in [1.807, 2.05) is 48.8 Å². The van der Waals surface area contributed by atoms with Gasteiger partial charge in [0.05, 0.1) is 36.9 Å². The quantitative estimate of drug-likeness (QED) is 0.0718. The van der Waals surface area contributed by atoms with Crippen molar-refractivity contribution in [1.29, 1.82) is 0 Å². The van der Waals surface area contributed by atoms with E-state index in [9.17, 15) is 0 Å². The van der Waals surface area contributed by atoms with Gasteiger partial charge in [-0.05, 0) is 119 Å². The number of hydrazone groups is 2. The van der Waals surface area contributed by atoms with E-state index in [-0.39, 0.29) is 0 Å². The standard InChI is InChI=1S/C58H48N6/c1-7-23-51(24-8-1)61(59-43-47-35-39-57(40-36-47)63(53-27-11-3-12-28-53)54-29-13-4-14-30-54)45-49-21-19-20-22-50(49)46-62(52-25-9-2-10-26-52)60-44-48-37-41-58(42-38-48)64(55-31-15-5-16-32-55)56-33-17-6-18-34-56/h1-44H,45-46H2. The summed E-state index contributed by atoms with van der Waals surface area (Å²) in [7, 11) is 0. The van der Waals surface area contributed by atoms with Gasteiger partial charge in [-0.25, -0.2) is 0 Å². The van der Waals surface area contributed by atoms with Crippen LogP contribution in [0.25, 0.3) is 0 Å². The molecule has 9 aromatic carbocycles. The second-order valence-corrected chi connectivity index (χ2v) is 15.2. The molecule has 0 aliphatic rings. The first-order chi connectivity index (χ1) is 31.7. The van der Waals surface area contributed by atoms with E-state index < -0.39 is 0 Å². The van der Waals surface area contributed by atoms with Gasteiger partial charge in [0.15, 0.2) is 0 Å². The summed E-state index contributed by atoms with van der Waals surface area (Å²) in [6.07, 6.45) is 3.89. The molecule has 0 heterocycles. The van der Waals surface area contributed by atoms with Crippen LogP contribution >= 0.6 is 0 Å². The van der Waals surface area contributed by atoms with E-state index >= 15 is 0 Å². The second-order valence-electron chi connectivity index (χ2n) is 15.2. The lowest BCUT2D eigenvalue weighted by atomic mass is 10.1. The zero-order valence-corrected chi connectivity index (χ0v) is 35.5. The minimum Gasteiger partial charge on any atom is -0.311 e. The molecule has 0 aliphatic heterocycles. The van der Waals surface area contributed by atoms with Crippen molar-refractivity contribution in [3.05, 3.63) is 277 Å². The maximum absolute atomic E-state index is 5.11. The van der Waals surface area contributed by atoms with Crippen LogP contribution in [0.4, 0.5) is 45.5 Å². The molecule has 0 saturated heterocycles. The molecule has 0 atom stereocenters. The van der Waals surface area contributed by atoms with Crippen LogP contribution in [0.3, 0.4) is 0 Å². The van der Waals surface area contributed by atoms with Gasteiger partial charge in [-0.15, -0.1) is 0 Å². The normalized spacial score (nSPS) is 11.1. The van der Waals surface area contributed by atoms with E-state index in [4.69, 9.17) is 10.2 Å². The number of hydrogen-bond acceptors (Lipinski definition) is 6. The summed E-state index contributed by atoms with van der Waals surface area (Å²) in [5, 5.41) is 14.4. The number of para-hydroxylation sites is 6. The van der Waals surface area contributed by atoms with Crippen molar-refractivity contribution in [2.45, 2.75) is 13.1 Å². The minimum atomic E-state index is 0.567. The van der Waals surface area contributed by atoms with Crippen LogP contribution in [0.2, 0.25) is 0 Å². The number of nitrogens with zero attached hydrogens (tertiary/aromatic N) is 6. The third-order valence-corrected chi connectivity index (χ3v) is 10.9. The summed E-state index contributed by atoms with van der Waals surface area (Å²) < 4.78 is 0. The van der Waals surface area contributed by atoms with Crippen molar-refractivity contribution < 1.29 is 0 Å². The summed E-state index contributed by atoms with van der Waals surface area (Å²) in [6, 6.07) is 88.2. The topological polar surface area (TPSA) is 37.7 Å². The summed E-state index contributed by atoms with van der Waals surface area (Å²) in [5.41, 5.74) is 12.9. The van der Waals surface area contributed by atoms with Gasteiger partial charge in [-0.3, -0.25) is 10.0 Å². The van der Waals surface area contributed by atoms with Crippen LogP contribution in [0.1, 0.15) is 22.3 Å². The third-order valence-electron chi connectivity index (χ3n) is 10.9. The minimum absolute atomic E-state index is 0.567. The number of hydrogen-bond donors (Lipinski definition) is 0. The molecule has 0 fully saturated rings. The Morgan fingerprint density at radius 2 is 0.484 bits per heavy atom. The predicted octanol–water partition coefficient (Wildman–Crippen LogP) is 14.7. The Labute approximate surface area is 376 Å². The molecule has 9 aromatic rings. The fraction of sp³-hybridized carbons (Fsp3) is 0.0345. The summed E-state index contributed by atoms with van der Waals surface area (Å²) in [5.74, 6) is 0. The van der Waals surface area contributed by atoms with Gasteiger partial charge in [-0.1, -0.05) is 158 Å². The molecule has 6 nitrogen and oxygen atoms in total. The highest BCUT2D eigenvalue weighted by Gasteiger charge is 2.15. The van der Waals surface area contributed by atoms with Crippen LogP contribution in [0.15, 0.2) is 265 Å². The van der Waals surface area contributed by atoms with Gasteiger partial charge in [-0.2, -0.15) is 10.2 Å². The predicted molar refractivity (Wildman–Crippen MR) is 269 cm³/mol. The second kappa shape index (κ2) is 20.4. The molecule has 0 aromatic heterocycles. The van der Waals surface area contributed by atoms with Crippen LogP contribution in [0, 0.1) is 0 Å². The summed E-state index contributed by atoms with van der Waals surface area (Å²) >= 11 is 0. The Hall–Kier alpha value is -8.48. The first-order valence-electron chi connectivity index (χ1n) is 21.6. The van der Waals surface area contributed by atoms with E-state index in [1.165, 1.54) is 0 Å². The van der Waals surface area contributed by atoms with E-state index in [0.717, 1.165) is 67.8 Å². The van der Waals surface area contributed by atoms with Crippen molar-refractivity contribution in [3.8, 4) is 0 Å². The zero-order chi connectivity index (χ0) is 43.2. The molecule has 0 radical (unpaired) electrons. The van der Waals surface area contributed by atoms with Crippen LogP contribution in [-0.2, 0) is 13.1 Å². The maximum Gasteiger partial charge on any atom is 0.0669 e. The molecule has 9 rings (SSSR count).